The lowest BCUT2D eigenvalue weighted by Crippen LogP contribution is -2.11. The van der Waals surface area contributed by atoms with Gasteiger partial charge < -0.3 is 15.6 Å². The van der Waals surface area contributed by atoms with Crippen LogP contribution >= 0.6 is 0 Å². The lowest BCUT2D eigenvalue weighted by molar-refractivity contribution is 0.100. The topological polar surface area (TPSA) is 72.9 Å². The molecule has 3 N–H and O–H groups in total. The summed E-state index contributed by atoms with van der Waals surface area (Å²) in [5, 5.41) is 3.19. The van der Waals surface area contributed by atoms with Gasteiger partial charge in [-0.25, -0.2) is 4.98 Å². The van der Waals surface area contributed by atoms with E-state index in [1.807, 2.05) is 23.9 Å². The third-order valence-corrected chi connectivity index (χ3v) is 2.52. The highest BCUT2D eigenvalue weighted by molar-refractivity contribution is 5.93. The lowest BCUT2D eigenvalue weighted by atomic mass is 10.2. The average Bonchev–Trinajstić information content (AvgIpc) is 2.72. The van der Waals surface area contributed by atoms with Crippen LogP contribution in [0.4, 0.5) is 5.69 Å². The second-order valence-electron chi connectivity index (χ2n) is 3.75. The minimum Gasteiger partial charge on any atom is -0.378 e. The summed E-state index contributed by atoms with van der Waals surface area (Å²) in [6, 6.07) is 7.09. The number of hydrogen-bond donors (Lipinski definition) is 2. The first-order valence-electron chi connectivity index (χ1n) is 5.27. The molecule has 0 atom stereocenters. The molecule has 0 aliphatic rings. The van der Waals surface area contributed by atoms with Crippen LogP contribution in [0.2, 0.25) is 0 Å². The van der Waals surface area contributed by atoms with E-state index in [2.05, 4.69) is 10.3 Å². The largest absolute Gasteiger partial charge is 0.378 e. The quantitative estimate of drug-likeness (QED) is 0.827. The van der Waals surface area contributed by atoms with Gasteiger partial charge in [0.1, 0.15) is 5.82 Å². The van der Waals surface area contributed by atoms with Gasteiger partial charge in [-0.1, -0.05) is 6.07 Å². The molecule has 17 heavy (non-hydrogen) atoms. The maximum Gasteiger partial charge on any atom is 0.248 e. The van der Waals surface area contributed by atoms with Gasteiger partial charge in [-0.05, 0) is 18.2 Å². The number of carbonyl (C=O) groups is 1. The van der Waals surface area contributed by atoms with Crippen LogP contribution in [0.3, 0.4) is 0 Å². The Morgan fingerprint density at radius 1 is 1.53 bits per heavy atom. The average molecular weight is 230 g/mol. The molecule has 0 fully saturated rings. The highest BCUT2D eigenvalue weighted by atomic mass is 16.1. The molecular formula is C12H14N4O. The molecule has 0 bridgehead atoms. The molecule has 0 aliphatic carbocycles. The number of carbonyl (C=O) groups excluding carboxylic acids is 1. The maximum atomic E-state index is 11.0. The van der Waals surface area contributed by atoms with Crippen molar-refractivity contribution in [2.24, 2.45) is 12.8 Å². The Bertz CT molecular complexity index is 533. The first-order chi connectivity index (χ1) is 8.16. The number of imidazole rings is 1. The fourth-order valence-corrected chi connectivity index (χ4v) is 1.53. The molecule has 1 aromatic heterocycles. The van der Waals surface area contributed by atoms with Gasteiger partial charge >= 0.3 is 0 Å². The van der Waals surface area contributed by atoms with E-state index < -0.39 is 5.91 Å². The van der Waals surface area contributed by atoms with Crippen LogP contribution in [-0.2, 0) is 13.6 Å². The first kappa shape index (κ1) is 11.2. The van der Waals surface area contributed by atoms with Gasteiger partial charge in [-0.2, -0.15) is 0 Å². The second-order valence-corrected chi connectivity index (χ2v) is 3.75. The number of anilines is 1. The van der Waals surface area contributed by atoms with E-state index in [1.165, 1.54) is 0 Å². The Morgan fingerprint density at radius 3 is 3.00 bits per heavy atom. The summed E-state index contributed by atoms with van der Waals surface area (Å²) >= 11 is 0. The first-order valence-corrected chi connectivity index (χ1v) is 5.27. The molecule has 1 aromatic carbocycles. The molecule has 0 spiro atoms. The number of aromatic nitrogens is 2. The SMILES string of the molecule is Cn1ccnc1CNc1cccc(C(N)=O)c1. The molecular weight excluding hydrogens is 216 g/mol. The summed E-state index contributed by atoms with van der Waals surface area (Å²) in [6.45, 7) is 0.603. The molecule has 0 aliphatic heterocycles. The smallest absolute Gasteiger partial charge is 0.248 e. The summed E-state index contributed by atoms with van der Waals surface area (Å²) in [4.78, 5) is 15.2. The van der Waals surface area contributed by atoms with Crippen LogP contribution in [0.5, 0.6) is 0 Å². The van der Waals surface area contributed by atoms with Gasteiger partial charge in [0.25, 0.3) is 0 Å². The Kier molecular flexibility index (Phi) is 3.09. The van der Waals surface area contributed by atoms with Crippen LogP contribution < -0.4 is 11.1 Å². The standard InChI is InChI=1S/C12H14N4O/c1-16-6-5-14-11(16)8-15-10-4-2-3-9(7-10)12(13)17/h2-7,15H,8H2,1H3,(H2,13,17). The summed E-state index contributed by atoms with van der Waals surface area (Å²) in [5.74, 6) is 0.500. The second kappa shape index (κ2) is 4.69. The Hall–Kier alpha value is -2.30. The molecule has 5 heteroatoms. The number of rotatable bonds is 4. The van der Waals surface area contributed by atoms with E-state index in [-0.39, 0.29) is 0 Å². The van der Waals surface area contributed by atoms with Crippen molar-refractivity contribution in [3.8, 4) is 0 Å². The van der Waals surface area contributed by atoms with Crippen molar-refractivity contribution < 1.29 is 4.79 Å². The molecule has 2 rings (SSSR count). The Labute approximate surface area is 99.3 Å². The lowest BCUT2D eigenvalue weighted by Gasteiger charge is -2.07. The monoisotopic (exact) mass is 230 g/mol. The molecule has 0 unspecified atom stereocenters. The van der Waals surface area contributed by atoms with Crippen molar-refractivity contribution in [3.05, 3.63) is 48.0 Å². The van der Waals surface area contributed by atoms with E-state index in [4.69, 9.17) is 5.73 Å². The van der Waals surface area contributed by atoms with Gasteiger partial charge in [-0.15, -0.1) is 0 Å². The van der Waals surface area contributed by atoms with Gasteiger partial charge in [0.15, 0.2) is 0 Å². The molecule has 0 saturated carbocycles. The summed E-state index contributed by atoms with van der Waals surface area (Å²) in [5.41, 5.74) is 6.56. The fraction of sp³-hybridized carbons (Fsp3) is 0.167. The van der Waals surface area contributed by atoms with Crippen LogP contribution in [-0.4, -0.2) is 15.5 Å². The molecule has 88 valence electrons. The molecule has 0 saturated heterocycles. The highest BCUT2D eigenvalue weighted by Crippen LogP contribution is 2.11. The summed E-state index contributed by atoms with van der Waals surface area (Å²) < 4.78 is 1.94. The van der Waals surface area contributed by atoms with Crippen molar-refractivity contribution in [2.45, 2.75) is 6.54 Å². The highest BCUT2D eigenvalue weighted by Gasteiger charge is 2.02. The Balaban J connectivity index is 2.07. The van der Waals surface area contributed by atoms with Gasteiger partial charge in [-0.3, -0.25) is 4.79 Å². The number of nitrogens with zero attached hydrogens (tertiary/aromatic N) is 2. The van der Waals surface area contributed by atoms with Crippen molar-refractivity contribution >= 4 is 11.6 Å². The zero-order valence-electron chi connectivity index (χ0n) is 9.55. The number of benzene rings is 1. The summed E-state index contributed by atoms with van der Waals surface area (Å²) in [6.07, 6.45) is 3.63. The number of hydrogen-bond acceptors (Lipinski definition) is 3. The predicted octanol–water partition coefficient (Wildman–Crippen LogP) is 1.13. The van der Waals surface area contributed by atoms with E-state index >= 15 is 0 Å². The molecule has 2 aromatic rings. The normalized spacial score (nSPS) is 10.2. The van der Waals surface area contributed by atoms with Crippen molar-refractivity contribution in [1.29, 1.82) is 0 Å². The van der Waals surface area contributed by atoms with Crippen LogP contribution in [0.25, 0.3) is 0 Å². The van der Waals surface area contributed by atoms with Crippen LogP contribution in [0.15, 0.2) is 36.7 Å². The van der Waals surface area contributed by atoms with Gasteiger partial charge in [0, 0.05) is 30.7 Å². The molecule has 0 radical (unpaired) electrons. The molecule has 1 heterocycles. The van der Waals surface area contributed by atoms with Crippen LogP contribution in [0.1, 0.15) is 16.2 Å². The zero-order valence-corrected chi connectivity index (χ0v) is 9.55. The van der Waals surface area contributed by atoms with Gasteiger partial charge in [0.2, 0.25) is 5.91 Å². The van der Waals surface area contributed by atoms with E-state index in [9.17, 15) is 4.79 Å². The van der Waals surface area contributed by atoms with E-state index in [1.54, 1.807) is 24.4 Å². The maximum absolute atomic E-state index is 11.0. The minimum absolute atomic E-state index is 0.425. The third kappa shape index (κ3) is 2.63. The third-order valence-electron chi connectivity index (χ3n) is 2.52. The molecule has 5 nitrogen and oxygen atoms in total. The molecule has 1 amide bonds. The van der Waals surface area contributed by atoms with Crippen molar-refractivity contribution in [3.63, 3.8) is 0 Å². The van der Waals surface area contributed by atoms with Crippen LogP contribution in [0, 0.1) is 0 Å². The fourth-order valence-electron chi connectivity index (χ4n) is 1.53. The zero-order chi connectivity index (χ0) is 12.3. The van der Waals surface area contributed by atoms with E-state index in [0.29, 0.717) is 12.1 Å². The number of aryl methyl sites for hydroxylation is 1. The minimum atomic E-state index is -0.425. The van der Waals surface area contributed by atoms with E-state index in [0.717, 1.165) is 11.5 Å². The van der Waals surface area contributed by atoms with Gasteiger partial charge in [0.05, 0.1) is 6.54 Å². The van der Waals surface area contributed by atoms with Crippen molar-refractivity contribution in [1.82, 2.24) is 9.55 Å². The number of nitrogens with two attached hydrogens (primary N) is 1. The Morgan fingerprint density at radius 2 is 2.35 bits per heavy atom. The number of amides is 1. The summed E-state index contributed by atoms with van der Waals surface area (Å²) in [7, 11) is 1.93. The number of primary amides is 1. The predicted molar refractivity (Wildman–Crippen MR) is 65.5 cm³/mol. The van der Waals surface area contributed by atoms with Crippen molar-refractivity contribution in [2.75, 3.05) is 5.32 Å². The number of nitrogens with one attached hydrogen (secondary N) is 1.